The highest BCUT2D eigenvalue weighted by atomic mass is 16.5. The lowest BCUT2D eigenvalue weighted by molar-refractivity contribution is -0.902. The number of carbonyl (C=O) groups is 1. The van der Waals surface area contributed by atoms with Gasteiger partial charge in [-0.25, -0.2) is 0 Å². The fourth-order valence-corrected chi connectivity index (χ4v) is 2.29. The summed E-state index contributed by atoms with van der Waals surface area (Å²) in [5.41, 5.74) is 0. The molecule has 1 amide bonds. The van der Waals surface area contributed by atoms with Gasteiger partial charge in [-0.1, -0.05) is 0 Å². The number of hydrogen-bond donors (Lipinski definition) is 1. The van der Waals surface area contributed by atoms with E-state index in [1.54, 1.807) is 17.0 Å². The summed E-state index contributed by atoms with van der Waals surface area (Å²) in [7, 11) is 0. The van der Waals surface area contributed by atoms with Crippen molar-refractivity contribution in [1.29, 1.82) is 0 Å². The Bertz CT molecular complexity index is 474. The minimum absolute atomic E-state index is 0.0234. The van der Waals surface area contributed by atoms with Gasteiger partial charge in [-0.15, -0.1) is 0 Å². The number of ether oxygens (including phenoxy) is 1. The van der Waals surface area contributed by atoms with Crippen LogP contribution in [-0.4, -0.2) is 55.7 Å². The van der Waals surface area contributed by atoms with Crippen LogP contribution in [0.1, 0.15) is 31.3 Å². The maximum Gasteiger partial charge on any atom is 0.317 e. The van der Waals surface area contributed by atoms with E-state index in [1.807, 2.05) is 18.7 Å². The van der Waals surface area contributed by atoms with E-state index in [2.05, 4.69) is 11.9 Å². The lowest BCUT2D eigenvalue weighted by atomic mass is 10.3. The van der Waals surface area contributed by atoms with Gasteiger partial charge in [0.25, 0.3) is 6.02 Å². The molecule has 0 atom stereocenters. The first-order chi connectivity index (χ1) is 10.1. The molecule has 1 aromatic rings. The second kappa shape index (κ2) is 7.26. The molecule has 0 aliphatic carbocycles. The van der Waals surface area contributed by atoms with Gasteiger partial charge in [-0.3, -0.25) is 4.79 Å². The predicted molar refractivity (Wildman–Crippen MR) is 79.5 cm³/mol. The van der Waals surface area contributed by atoms with Crippen molar-refractivity contribution in [3.63, 3.8) is 0 Å². The van der Waals surface area contributed by atoms with Crippen LogP contribution < -0.4 is 4.90 Å². The number of carbonyl (C=O) groups excluding carboxylic acids is 1. The molecule has 1 aromatic heterocycles. The van der Waals surface area contributed by atoms with Crippen LogP contribution in [0.3, 0.4) is 0 Å². The van der Waals surface area contributed by atoms with Gasteiger partial charge in [0.1, 0.15) is 0 Å². The Kier molecular flexibility index (Phi) is 5.38. The summed E-state index contributed by atoms with van der Waals surface area (Å²) in [5.74, 6) is -0.168. The van der Waals surface area contributed by atoms with Crippen LogP contribution >= 0.6 is 0 Å². The molecule has 2 rings (SSSR count). The molecule has 2 heterocycles. The average molecular weight is 294 g/mol. The SMILES string of the molecule is CC[NH+]1CCN(C(=NC(=O)c2ccco2)OC(C)C)CC1. The molecule has 0 unspecified atom stereocenters. The molecule has 0 saturated carbocycles. The zero-order chi connectivity index (χ0) is 15.2. The molecule has 6 nitrogen and oxygen atoms in total. The first-order valence-corrected chi connectivity index (χ1v) is 7.51. The van der Waals surface area contributed by atoms with Crippen LogP contribution in [0, 0.1) is 0 Å². The van der Waals surface area contributed by atoms with Crippen molar-refractivity contribution >= 4 is 11.9 Å². The first-order valence-electron chi connectivity index (χ1n) is 7.51. The number of amides is 1. The van der Waals surface area contributed by atoms with Crippen LogP contribution in [0.5, 0.6) is 0 Å². The zero-order valence-corrected chi connectivity index (χ0v) is 13.0. The van der Waals surface area contributed by atoms with Gasteiger partial charge in [0.15, 0.2) is 5.76 Å². The number of likely N-dealkylation sites (N-methyl/N-ethyl adjacent to an activating group) is 1. The van der Waals surface area contributed by atoms with Crippen molar-refractivity contribution in [3.05, 3.63) is 24.2 Å². The van der Waals surface area contributed by atoms with E-state index < -0.39 is 5.91 Å². The first kappa shape index (κ1) is 15.6. The molecule has 0 spiro atoms. The topological polar surface area (TPSA) is 59.5 Å². The quantitative estimate of drug-likeness (QED) is 0.648. The minimum atomic E-state index is -0.402. The highest BCUT2D eigenvalue weighted by Crippen LogP contribution is 2.06. The Morgan fingerprint density at radius 3 is 2.71 bits per heavy atom. The standard InChI is InChI=1S/C15H23N3O3/c1-4-17-7-9-18(10-8-17)15(21-12(2)3)16-14(19)13-6-5-11-20-13/h5-6,11-12H,4,7-10H2,1-3H3/p+1. The maximum atomic E-state index is 12.1. The number of nitrogens with one attached hydrogen (secondary N) is 1. The second-order valence-electron chi connectivity index (χ2n) is 5.43. The van der Waals surface area contributed by atoms with Crippen molar-refractivity contribution < 1.29 is 18.8 Å². The number of nitrogens with zero attached hydrogens (tertiary/aromatic N) is 2. The lowest BCUT2D eigenvalue weighted by Gasteiger charge is -2.33. The summed E-state index contributed by atoms with van der Waals surface area (Å²) >= 11 is 0. The molecule has 1 aliphatic heterocycles. The summed E-state index contributed by atoms with van der Waals surface area (Å²) in [5, 5.41) is 0. The van der Waals surface area contributed by atoms with E-state index in [0.717, 1.165) is 32.7 Å². The van der Waals surface area contributed by atoms with Gasteiger partial charge in [-0.2, -0.15) is 4.99 Å². The summed E-state index contributed by atoms with van der Waals surface area (Å²) < 4.78 is 10.8. The molecule has 0 radical (unpaired) electrons. The Labute approximate surface area is 125 Å². The van der Waals surface area contributed by atoms with Crippen LogP contribution in [0.4, 0.5) is 0 Å². The monoisotopic (exact) mass is 294 g/mol. The molecule has 0 bridgehead atoms. The highest BCUT2D eigenvalue weighted by molar-refractivity contribution is 5.99. The third kappa shape index (κ3) is 4.32. The van der Waals surface area contributed by atoms with Gasteiger partial charge >= 0.3 is 5.91 Å². The van der Waals surface area contributed by atoms with E-state index in [4.69, 9.17) is 9.15 Å². The van der Waals surface area contributed by atoms with E-state index >= 15 is 0 Å². The summed E-state index contributed by atoms with van der Waals surface area (Å²) in [6.07, 6.45) is 1.44. The lowest BCUT2D eigenvalue weighted by Crippen LogP contribution is -3.14. The smallest absolute Gasteiger partial charge is 0.317 e. The molecule has 0 aromatic carbocycles. The maximum absolute atomic E-state index is 12.1. The Balaban J connectivity index is 2.09. The minimum Gasteiger partial charge on any atom is -0.462 e. The predicted octanol–water partition coefficient (Wildman–Crippen LogP) is 0.421. The van der Waals surface area contributed by atoms with Gasteiger partial charge in [-0.05, 0) is 32.9 Å². The van der Waals surface area contributed by atoms with Gasteiger partial charge < -0.3 is 19.0 Å². The van der Waals surface area contributed by atoms with E-state index in [9.17, 15) is 4.79 Å². The van der Waals surface area contributed by atoms with Gasteiger partial charge in [0.05, 0.1) is 45.1 Å². The van der Waals surface area contributed by atoms with Crippen molar-refractivity contribution in [2.45, 2.75) is 26.9 Å². The molecular weight excluding hydrogens is 270 g/mol. The Morgan fingerprint density at radius 2 is 2.19 bits per heavy atom. The fraction of sp³-hybridized carbons (Fsp3) is 0.600. The number of furan rings is 1. The molecule has 6 heteroatoms. The molecule has 116 valence electrons. The molecular formula is C15H24N3O3+. The number of hydrogen-bond acceptors (Lipinski definition) is 3. The summed E-state index contributed by atoms with van der Waals surface area (Å²) in [6.45, 7) is 10.9. The van der Waals surface area contributed by atoms with Gasteiger partial charge in [0, 0.05) is 0 Å². The van der Waals surface area contributed by atoms with Crippen molar-refractivity contribution in [1.82, 2.24) is 4.90 Å². The van der Waals surface area contributed by atoms with Crippen LogP contribution in [0.15, 0.2) is 27.8 Å². The second-order valence-corrected chi connectivity index (χ2v) is 5.43. The average Bonchev–Trinajstić information content (AvgIpc) is 3.00. The molecule has 1 N–H and O–H groups in total. The van der Waals surface area contributed by atoms with E-state index in [1.165, 1.54) is 6.26 Å². The van der Waals surface area contributed by atoms with Gasteiger partial charge in [0.2, 0.25) is 0 Å². The Morgan fingerprint density at radius 1 is 1.48 bits per heavy atom. The third-order valence-electron chi connectivity index (χ3n) is 3.51. The van der Waals surface area contributed by atoms with Crippen molar-refractivity contribution in [2.24, 2.45) is 4.99 Å². The van der Waals surface area contributed by atoms with E-state index in [-0.39, 0.29) is 11.9 Å². The van der Waals surface area contributed by atoms with Crippen LogP contribution in [-0.2, 0) is 4.74 Å². The van der Waals surface area contributed by atoms with Crippen LogP contribution in [0.2, 0.25) is 0 Å². The summed E-state index contributed by atoms with van der Waals surface area (Å²) in [6, 6.07) is 3.69. The van der Waals surface area contributed by atoms with Crippen molar-refractivity contribution in [2.75, 3.05) is 32.7 Å². The Hall–Kier alpha value is -1.82. The highest BCUT2D eigenvalue weighted by Gasteiger charge is 2.24. The normalized spacial score (nSPS) is 17.3. The third-order valence-corrected chi connectivity index (χ3v) is 3.51. The fourth-order valence-electron chi connectivity index (χ4n) is 2.29. The largest absolute Gasteiger partial charge is 0.462 e. The molecule has 21 heavy (non-hydrogen) atoms. The van der Waals surface area contributed by atoms with E-state index in [0.29, 0.717) is 6.02 Å². The number of quaternary nitrogens is 1. The molecule has 1 aliphatic rings. The van der Waals surface area contributed by atoms with Crippen molar-refractivity contribution in [3.8, 4) is 0 Å². The number of amidine groups is 1. The zero-order valence-electron chi connectivity index (χ0n) is 13.0. The molecule has 1 saturated heterocycles. The van der Waals surface area contributed by atoms with Crippen LogP contribution in [0.25, 0.3) is 0 Å². The number of piperazine rings is 1. The molecule has 1 fully saturated rings. The number of rotatable bonds is 3. The summed E-state index contributed by atoms with van der Waals surface area (Å²) in [4.78, 5) is 19.8. The number of aliphatic imine (C=N–C) groups is 1.